The molecule has 1 unspecified atom stereocenters. The van der Waals surface area contributed by atoms with Crippen molar-refractivity contribution >= 4 is 50.1 Å². The lowest BCUT2D eigenvalue weighted by molar-refractivity contribution is -0.121. The number of aliphatic hydroxyl groups excluding tert-OH is 1. The quantitative estimate of drug-likeness (QED) is 0.203. The van der Waals surface area contributed by atoms with E-state index >= 15 is 0 Å². The first kappa shape index (κ1) is 28.3. The summed E-state index contributed by atoms with van der Waals surface area (Å²) in [6, 6.07) is 20.1. The summed E-state index contributed by atoms with van der Waals surface area (Å²) in [4.78, 5) is 31.9. The summed E-state index contributed by atoms with van der Waals surface area (Å²) in [5.74, 6) is -0.0166. The molecule has 0 radical (unpaired) electrons. The number of hydrogen-bond acceptors (Lipinski definition) is 8. The number of hydrogen-bond donors (Lipinski definition) is 3. The van der Waals surface area contributed by atoms with Gasteiger partial charge in [-0.2, -0.15) is 0 Å². The number of methoxy groups -OCH3 is 1. The van der Waals surface area contributed by atoms with Crippen molar-refractivity contribution in [2.75, 3.05) is 23.9 Å². The number of nitrogens with two attached hydrogens (primary N) is 1. The van der Waals surface area contributed by atoms with E-state index in [2.05, 4.69) is 10.3 Å². The molecule has 2 amide bonds. The molecule has 39 heavy (non-hydrogen) atoms. The van der Waals surface area contributed by atoms with Crippen LogP contribution in [-0.2, 0) is 32.6 Å². The minimum atomic E-state index is -3.77. The van der Waals surface area contributed by atoms with Crippen molar-refractivity contribution in [1.29, 1.82) is 0 Å². The monoisotopic (exact) mass is 568 g/mol. The largest absolute Gasteiger partial charge is 0.497 e. The van der Waals surface area contributed by atoms with Crippen molar-refractivity contribution in [2.24, 2.45) is 10.1 Å². The number of thioether (sulfide) groups is 1. The van der Waals surface area contributed by atoms with Crippen molar-refractivity contribution in [1.82, 2.24) is 0 Å². The van der Waals surface area contributed by atoms with Gasteiger partial charge >= 0.3 is 0 Å². The first-order chi connectivity index (χ1) is 18.7. The molecule has 12 heteroatoms. The number of aliphatic hydroxyl groups is 1. The normalized spacial score (nSPS) is 16.0. The van der Waals surface area contributed by atoms with Crippen LogP contribution in [0.2, 0.25) is 0 Å². The zero-order valence-corrected chi connectivity index (χ0v) is 22.7. The molecular weight excluding hydrogens is 540 g/mol. The van der Waals surface area contributed by atoms with E-state index in [0.29, 0.717) is 35.3 Å². The van der Waals surface area contributed by atoms with Gasteiger partial charge in [-0.05, 0) is 66.1 Å². The summed E-state index contributed by atoms with van der Waals surface area (Å²) in [7, 11) is -2.23. The molecule has 1 fully saturated rings. The lowest BCUT2D eigenvalue weighted by atomic mass is 10.1. The first-order valence-electron chi connectivity index (χ1n) is 12.0. The van der Waals surface area contributed by atoms with Crippen LogP contribution in [0.1, 0.15) is 17.5 Å². The Morgan fingerprint density at radius 2 is 1.69 bits per heavy atom. The molecule has 0 saturated carbocycles. The van der Waals surface area contributed by atoms with Gasteiger partial charge in [0.1, 0.15) is 11.0 Å². The summed E-state index contributed by atoms with van der Waals surface area (Å²) in [5, 5.41) is 17.5. The molecule has 1 aliphatic rings. The van der Waals surface area contributed by atoms with Gasteiger partial charge in [0.15, 0.2) is 5.17 Å². The number of amides is 2. The zero-order chi connectivity index (χ0) is 28.0. The Morgan fingerprint density at radius 3 is 2.28 bits per heavy atom. The third-order valence-electron chi connectivity index (χ3n) is 5.99. The van der Waals surface area contributed by atoms with E-state index in [-0.39, 0.29) is 29.7 Å². The van der Waals surface area contributed by atoms with Gasteiger partial charge in [-0.1, -0.05) is 36.0 Å². The fourth-order valence-electron chi connectivity index (χ4n) is 3.89. The van der Waals surface area contributed by atoms with E-state index in [4.69, 9.17) is 9.88 Å². The molecule has 10 nitrogen and oxygen atoms in total. The average molecular weight is 569 g/mol. The number of anilines is 2. The Balaban J connectivity index is 1.50. The first-order valence-corrected chi connectivity index (χ1v) is 14.4. The highest BCUT2D eigenvalue weighted by atomic mass is 32.2. The smallest absolute Gasteiger partial charge is 0.247 e. The Bertz CT molecular complexity index is 1460. The van der Waals surface area contributed by atoms with Crippen molar-refractivity contribution in [3.63, 3.8) is 0 Å². The molecular formula is C27H28N4O6S2. The highest BCUT2D eigenvalue weighted by Crippen LogP contribution is 2.31. The van der Waals surface area contributed by atoms with Crippen LogP contribution >= 0.6 is 11.8 Å². The Morgan fingerprint density at radius 1 is 1.05 bits per heavy atom. The molecule has 204 valence electrons. The topological polar surface area (TPSA) is 151 Å². The third-order valence-corrected chi connectivity index (χ3v) is 8.02. The van der Waals surface area contributed by atoms with E-state index < -0.39 is 15.3 Å². The van der Waals surface area contributed by atoms with Gasteiger partial charge < -0.3 is 15.2 Å². The predicted octanol–water partition coefficient (Wildman–Crippen LogP) is 2.91. The predicted molar refractivity (Wildman–Crippen MR) is 151 cm³/mol. The summed E-state index contributed by atoms with van der Waals surface area (Å²) in [6.45, 7) is 0.260. The molecule has 1 aliphatic heterocycles. The molecule has 4 N–H and O–H groups in total. The number of carbonyl (C=O) groups excluding carboxylic acids is 2. The van der Waals surface area contributed by atoms with E-state index in [1.54, 1.807) is 67.8 Å². The molecule has 1 heterocycles. The van der Waals surface area contributed by atoms with E-state index in [0.717, 1.165) is 11.1 Å². The van der Waals surface area contributed by atoms with Crippen LogP contribution < -0.4 is 20.1 Å². The molecule has 3 aromatic rings. The second-order valence-corrected chi connectivity index (χ2v) is 11.4. The van der Waals surface area contributed by atoms with Crippen LogP contribution in [0.4, 0.5) is 11.4 Å². The van der Waals surface area contributed by atoms with Crippen molar-refractivity contribution in [3.8, 4) is 5.75 Å². The fourth-order valence-corrected chi connectivity index (χ4v) is 5.45. The standard InChI is InChI=1S/C27H28N4O6S2/c1-37-22-10-8-21(9-11-22)31-25(33)16-24(26(31)34)38-27(30-20-6-2-19(17-32)3-7-20)29-15-14-18-4-12-23(13-5-18)39(28,35)36/h2-13,24,32H,14-17H2,1H3,(H,29,30)(H2,28,35,36). The maximum absolute atomic E-state index is 13.2. The number of imide groups is 1. The number of nitrogens with zero attached hydrogens (tertiary/aromatic N) is 2. The SMILES string of the molecule is COc1ccc(N2C(=O)CC(SC(=NCCc3ccc(S(N)(=O)=O)cc3)Nc3ccc(CO)cc3)C2=O)cc1. The Hall–Kier alpha value is -3.71. The van der Waals surface area contributed by atoms with Gasteiger partial charge in [-0.25, -0.2) is 18.5 Å². The van der Waals surface area contributed by atoms with Crippen molar-refractivity contribution in [3.05, 3.63) is 83.9 Å². The van der Waals surface area contributed by atoms with Crippen LogP contribution in [0, 0.1) is 0 Å². The second kappa shape index (κ2) is 12.4. The van der Waals surface area contributed by atoms with Gasteiger partial charge in [-0.15, -0.1) is 0 Å². The Kier molecular flexibility index (Phi) is 9.02. The van der Waals surface area contributed by atoms with E-state index in [9.17, 15) is 23.1 Å². The van der Waals surface area contributed by atoms with E-state index in [1.165, 1.54) is 28.8 Å². The molecule has 1 atom stereocenters. The van der Waals surface area contributed by atoms with Gasteiger partial charge in [0.25, 0.3) is 0 Å². The maximum atomic E-state index is 13.2. The molecule has 1 saturated heterocycles. The number of benzene rings is 3. The number of sulfonamides is 1. The molecule has 3 aromatic carbocycles. The minimum absolute atomic E-state index is 0.0225. The number of ether oxygens (including phenoxy) is 1. The summed E-state index contributed by atoms with van der Waals surface area (Å²) in [6.07, 6.45) is 0.532. The molecule has 0 aliphatic carbocycles. The van der Waals surface area contributed by atoms with Crippen LogP contribution in [0.5, 0.6) is 5.75 Å². The van der Waals surface area contributed by atoms with E-state index in [1.807, 2.05) is 0 Å². The lowest BCUT2D eigenvalue weighted by Crippen LogP contribution is -2.31. The molecule has 0 aromatic heterocycles. The van der Waals surface area contributed by atoms with Crippen molar-refractivity contribution in [2.45, 2.75) is 29.6 Å². The zero-order valence-electron chi connectivity index (χ0n) is 21.1. The van der Waals surface area contributed by atoms with Crippen LogP contribution in [0.15, 0.2) is 82.7 Å². The number of amidine groups is 1. The van der Waals surface area contributed by atoms with Gasteiger partial charge in [0.05, 0.1) is 24.3 Å². The van der Waals surface area contributed by atoms with Gasteiger partial charge in [0.2, 0.25) is 21.8 Å². The molecule has 4 rings (SSSR count). The second-order valence-electron chi connectivity index (χ2n) is 8.68. The third kappa shape index (κ3) is 7.24. The lowest BCUT2D eigenvalue weighted by Gasteiger charge is -2.16. The van der Waals surface area contributed by atoms with Crippen LogP contribution in [0.3, 0.4) is 0 Å². The number of carbonyl (C=O) groups is 2. The summed E-state index contributed by atoms with van der Waals surface area (Å²) >= 11 is 1.17. The highest BCUT2D eigenvalue weighted by molar-refractivity contribution is 8.15. The van der Waals surface area contributed by atoms with Gasteiger partial charge in [-0.3, -0.25) is 14.6 Å². The Labute approximate surface area is 230 Å². The number of primary sulfonamides is 1. The number of aliphatic imine (C=N–C) groups is 1. The van der Waals surface area contributed by atoms with Crippen LogP contribution in [-0.4, -0.2) is 49.4 Å². The maximum Gasteiger partial charge on any atom is 0.247 e. The summed E-state index contributed by atoms with van der Waals surface area (Å²) < 4.78 is 28.1. The van der Waals surface area contributed by atoms with Crippen LogP contribution in [0.25, 0.3) is 0 Å². The average Bonchev–Trinajstić information content (AvgIpc) is 3.21. The molecule has 0 bridgehead atoms. The minimum Gasteiger partial charge on any atom is -0.497 e. The van der Waals surface area contributed by atoms with Crippen molar-refractivity contribution < 1.29 is 27.9 Å². The summed E-state index contributed by atoms with van der Waals surface area (Å²) in [5.41, 5.74) is 2.80. The number of nitrogens with one attached hydrogen (secondary N) is 1. The molecule has 0 spiro atoms. The fraction of sp³-hybridized carbons (Fsp3) is 0.222. The van der Waals surface area contributed by atoms with Gasteiger partial charge in [0, 0.05) is 18.7 Å². The highest BCUT2D eigenvalue weighted by Gasteiger charge is 2.40. The number of rotatable bonds is 9.